The summed E-state index contributed by atoms with van der Waals surface area (Å²) in [6.07, 6.45) is 2.59. The van der Waals surface area contributed by atoms with E-state index in [2.05, 4.69) is 36.9 Å². The maximum Gasteiger partial charge on any atom is 0.246 e. The van der Waals surface area contributed by atoms with E-state index < -0.39 is 95.8 Å². The summed E-state index contributed by atoms with van der Waals surface area (Å²) >= 11 is 0. The number of hydrogen-bond acceptors (Lipinski definition) is 13. The Balaban J connectivity index is 1.25. The number of aromatic nitrogens is 1. The van der Waals surface area contributed by atoms with Gasteiger partial charge in [0.2, 0.25) is 47.3 Å². The van der Waals surface area contributed by atoms with Crippen molar-refractivity contribution in [2.75, 3.05) is 37.7 Å². The van der Waals surface area contributed by atoms with Crippen LogP contribution in [0.4, 0.5) is 0 Å². The molecule has 9 atom stereocenters. The molecule has 1 aromatic heterocycles. The predicted octanol–water partition coefficient (Wildman–Crippen LogP) is -0.0218. The number of likely N-dealkylation sites (tertiary alicyclic amines) is 2. The minimum atomic E-state index is -1.35. The number of para-hydroxylation sites is 1. The fourth-order valence-electron chi connectivity index (χ4n) is 10.3. The Kier molecular flexibility index (Phi) is 19.6. The van der Waals surface area contributed by atoms with Crippen molar-refractivity contribution in [3.8, 4) is 0 Å². The third kappa shape index (κ3) is 14.6. The minimum absolute atomic E-state index is 0.0340. The zero-order chi connectivity index (χ0) is 53.8. The molecule has 404 valence electrons. The van der Waals surface area contributed by atoms with Gasteiger partial charge in [0.15, 0.2) is 11.7 Å². The Bertz CT molecular complexity index is 2600. The predicted molar refractivity (Wildman–Crippen MR) is 282 cm³/mol. The first kappa shape index (κ1) is 56.1. The summed E-state index contributed by atoms with van der Waals surface area (Å²) in [5.74, 6) is -5.32. The van der Waals surface area contributed by atoms with Crippen LogP contribution in [0.15, 0.2) is 60.8 Å². The number of amides is 8. The highest BCUT2D eigenvalue weighted by Gasteiger charge is 2.45. The Morgan fingerprint density at radius 1 is 0.773 bits per heavy atom. The summed E-state index contributed by atoms with van der Waals surface area (Å²) in [5, 5.41) is 36.1. The number of carbonyl (C=O) groups excluding carboxylic acids is 9. The second-order valence-electron chi connectivity index (χ2n) is 19.5. The minimum Gasteiger partial charge on any atom is -0.391 e. The topological polar surface area (TPSA) is 321 Å². The molecule has 0 aliphatic carbocycles. The first-order chi connectivity index (χ1) is 36.0. The van der Waals surface area contributed by atoms with Crippen LogP contribution < -0.4 is 37.6 Å². The number of aliphatic hydroxyl groups excluding tert-OH is 1. The fraction of sp³-hybridized carbons (Fsp3) is 0.529. The largest absolute Gasteiger partial charge is 0.391 e. The van der Waals surface area contributed by atoms with Crippen LogP contribution in [0.5, 0.6) is 0 Å². The van der Waals surface area contributed by atoms with E-state index in [1.165, 1.54) is 45.2 Å². The quantitative estimate of drug-likeness (QED) is 0.0494. The zero-order valence-electron chi connectivity index (χ0n) is 42.1. The number of H-pyrrole nitrogens is 1. The molecule has 7 rings (SSSR count). The maximum atomic E-state index is 15.0. The van der Waals surface area contributed by atoms with Crippen LogP contribution in [0.3, 0.4) is 0 Å². The second kappa shape index (κ2) is 26.2. The lowest BCUT2D eigenvalue weighted by Crippen LogP contribution is -2.61. The van der Waals surface area contributed by atoms with Gasteiger partial charge in [-0.25, -0.2) is 0 Å². The van der Waals surface area contributed by atoms with Gasteiger partial charge in [-0.3, -0.25) is 48.6 Å². The van der Waals surface area contributed by atoms with Crippen LogP contribution in [0.2, 0.25) is 0 Å². The van der Waals surface area contributed by atoms with Crippen LogP contribution in [0.25, 0.3) is 10.9 Å². The van der Waals surface area contributed by atoms with Crippen LogP contribution in [-0.4, -0.2) is 176 Å². The molecule has 24 heteroatoms. The summed E-state index contributed by atoms with van der Waals surface area (Å²) < 4.78 is 0. The van der Waals surface area contributed by atoms with Crippen LogP contribution >= 0.6 is 21.6 Å². The number of nitrogens with two attached hydrogens (primary N) is 1. The number of nitrogens with zero attached hydrogens (tertiary/aromatic N) is 3. The van der Waals surface area contributed by atoms with Crippen LogP contribution in [-0.2, 0) is 56.0 Å². The maximum absolute atomic E-state index is 15.0. The number of carbonyl (C=O) groups is 9. The number of guanidine groups is 1. The smallest absolute Gasteiger partial charge is 0.246 e. The molecule has 4 saturated heterocycles. The van der Waals surface area contributed by atoms with Crippen LogP contribution in [0.1, 0.15) is 76.3 Å². The Morgan fingerprint density at radius 2 is 1.41 bits per heavy atom. The van der Waals surface area contributed by atoms with Crippen molar-refractivity contribution >= 4 is 91.5 Å². The average molecular weight is 1070 g/mol. The van der Waals surface area contributed by atoms with Gasteiger partial charge in [-0.05, 0) is 69.1 Å². The zero-order valence-corrected chi connectivity index (χ0v) is 43.8. The summed E-state index contributed by atoms with van der Waals surface area (Å²) in [4.78, 5) is 135. The van der Waals surface area contributed by atoms with Crippen molar-refractivity contribution in [3.63, 3.8) is 0 Å². The SMILES string of the molecule is CC(=O)N[C@H]1CCSSC[C@@H](C(=O)N2CCC[C@H]2C(=O)N2CCC[C@H]2C(C)=O)NC(=O)[C@H](Cc2c[nH]c3ccccc23)NC(=O)[C@H](CCCNC(=N)N)NC(=O)[C@@H](Cc2ccccc2)NC(=O)[C@@H]2C[C@@H](O)CN2C1=O. The highest BCUT2D eigenvalue weighted by molar-refractivity contribution is 8.76. The number of aliphatic hydroxyl groups is 1. The molecule has 11 N–H and O–H groups in total. The third-order valence-electron chi connectivity index (χ3n) is 14.1. The van der Waals surface area contributed by atoms with E-state index in [-0.39, 0.29) is 87.3 Å². The van der Waals surface area contributed by atoms with Gasteiger partial charge in [-0.2, -0.15) is 0 Å². The van der Waals surface area contributed by atoms with Gasteiger partial charge in [0.25, 0.3) is 0 Å². The monoisotopic (exact) mass is 1070 g/mol. The molecule has 3 aromatic rings. The number of Topliss-reactive ketones (excluding diaryl/α,β-unsaturated/α-hetero) is 1. The Labute approximate surface area is 442 Å². The van der Waals surface area contributed by atoms with Gasteiger partial charge in [-0.1, -0.05) is 70.1 Å². The highest BCUT2D eigenvalue weighted by atomic mass is 33.1. The van der Waals surface area contributed by atoms with E-state index in [0.29, 0.717) is 43.4 Å². The van der Waals surface area contributed by atoms with Gasteiger partial charge in [-0.15, -0.1) is 0 Å². The molecule has 0 saturated carbocycles. The standard InChI is InChI=1S/C51H68N12O10S2/c1-29(64)41-16-9-20-61(41)50(73)42-17-10-21-62(42)49(72)40-28-75-74-22-18-37(56-30(2)65)48(71)63-27-33(66)25-43(63)47(70)59-38(23-31-11-4-3-5-12-31)45(68)57-36(15-8-19-54-51(52)53)44(67)58-39(46(69)60-40)24-32-26-55-35-14-7-6-13-34(32)35/h3-7,11-14,26,33,36-43,55,66H,8-10,15-25,27-28H2,1-2H3,(H,56,65)(H,57,68)(H,58,67)(H,59,70)(H,60,69)(H4,52,53,54)/t33-,36+,37+,38-,39+,40+,41+,42+,43+/m1/s1. The van der Waals surface area contributed by atoms with E-state index >= 15 is 0 Å². The number of rotatable bonds is 12. The van der Waals surface area contributed by atoms with Crippen molar-refractivity contribution in [2.24, 2.45) is 5.73 Å². The molecule has 75 heavy (non-hydrogen) atoms. The Hall–Kier alpha value is -6.66. The van der Waals surface area contributed by atoms with Gasteiger partial charge in [0.1, 0.15) is 42.3 Å². The number of hydrogen-bond donors (Lipinski definition) is 10. The lowest BCUT2D eigenvalue weighted by Gasteiger charge is -2.33. The van der Waals surface area contributed by atoms with E-state index in [1.807, 2.05) is 24.3 Å². The molecular weight excluding hydrogens is 1000 g/mol. The average Bonchev–Trinajstić information content (AvgIpc) is 4.23. The molecular formula is C51H68N12O10S2. The molecule has 8 amide bonds. The molecule has 2 aromatic carbocycles. The van der Waals surface area contributed by atoms with Crippen molar-refractivity contribution in [3.05, 3.63) is 71.9 Å². The lowest BCUT2D eigenvalue weighted by atomic mass is 10.0. The number of fused-ring (bicyclic) bond motifs is 2. The summed E-state index contributed by atoms with van der Waals surface area (Å²) in [5.41, 5.74) is 7.63. The van der Waals surface area contributed by atoms with Gasteiger partial charge in [0.05, 0.1) is 12.1 Å². The molecule has 0 unspecified atom stereocenters. The van der Waals surface area contributed by atoms with Crippen molar-refractivity contribution in [1.29, 1.82) is 5.41 Å². The molecule has 4 fully saturated rings. The van der Waals surface area contributed by atoms with Gasteiger partial charge >= 0.3 is 0 Å². The van der Waals surface area contributed by atoms with E-state index in [0.717, 1.165) is 10.9 Å². The van der Waals surface area contributed by atoms with Crippen molar-refractivity contribution in [1.82, 2.24) is 51.6 Å². The number of benzene rings is 2. The first-order valence-electron chi connectivity index (χ1n) is 25.5. The van der Waals surface area contributed by atoms with Crippen molar-refractivity contribution < 1.29 is 48.3 Å². The molecule has 0 spiro atoms. The van der Waals surface area contributed by atoms with E-state index in [9.17, 15) is 48.3 Å². The second-order valence-corrected chi connectivity index (χ2v) is 22.1. The van der Waals surface area contributed by atoms with E-state index in [1.54, 1.807) is 41.4 Å². The molecule has 0 bridgehead atoms. The van der Waals surface area contributed by atoms with E-state index in [4.69, 9.17) is 11.1 Å². The molecule has 4 aliphatic rings. The fourth-order valence-corrected chi connectivity index (χ4v) is 12.6. The normalized spacial score (nSPS) is 26.6. The molecule has 0 radical (unpaired) electrons. The number of ketones is 1. The van der Waals surface area contributed by atoms with Gasteiger partial charge < -0.3 is 62.4 Å². The third-order valence-corrected chi connectivity index (χ3v) is 16.5. The molecule has 22 nitrogen and oxygen atoms in total. The van der Waals surface area contributed by atoms with Crippen LogP contribution in [0, 0.1) is 5.41 Å². The summed E-state index contributed by atoms with van der Waals surface area (Å²) in [6.45, 7) is 3.20. The first-order valence-corrected chi connectivity index (χ1v) is 28.0. The number of aromatic amines is 1. The van der Waals surface area contributed by atoms with Gasteiger partial charge in [0, 0.05) is 81.0 Å². The highest BCUT2D eigenvalue weighted by Crippen LogP contribution is 2.30. The summed E-state index contributed by atoms with van der Waals surface area (Å²) in [6, 6.07) is 7.07. The lowest BCUT2D eigenvalue weighted by molar-refractivity contribution is -0.147. The summed E-state index contributed by atoms with van der Waals surface area (Å²) in [7, 11) is 2.48. The van der Waals surface area contributed by atoms with Crippen molar-refractivity contribution in [2.45, 2.75) is 132 Å². The Morgan fingerprint density at radius 3 is 2.13 bits per heavy atom. The number of nitrogens with one attached hydrogen (secondary N) is 8. The molecule has 4 aliphatic heterocycles. The molecule has 5 heterocycles.